The van der Waals surface area contributed by atoms with E-state index in [9.17, 15) is 29.4 Å². The quantitative estimate of drug-likeness (QED) is 0.344. The highest BCUT2D eigenvalue weighted by atomic mass is 33.1. The third-order valence-electron chi connectivity index (χ3n) is 12.0. The SMILES string of the molecule is CN1C(=O)C23CC4(C56CC78SSC(CO)(C(=O)N7C5Nc5ccccc56)N(C)C8=O)c5ccccc5NC4N2C(=O)C1(CO)SS3. The van der Waals surface area contributed by atoms with E-state index in [-0.39, 0.29) is 36.5 Å². The molecule has 2 aromatic carbocycles. The standard InChI is InChI=1S/C30H28N6O6S4/c1-33-21(39)27-11-25(15-7-3-5-9-17(15)31-19(25)35(27)23(41)29(33,13-37)45-43-27)26-12-28-22(40)34(2)30(14-38,46-44-28)24(42)36(28)20(26)32-18-10-6-4-8-16(18)26/h3-10,19-20,31-32,37-38H,11-14H2,1-2H3. The summed E-state index contributed by atoms with van der Waals surface area (Å²) in [5.41, 5.74) is 1.45. The van der Waals surface area contributed by atoms with Crippen molar-refractivity contribution in [2.24, 2.45) is 0 Å². The van der Waals surface area contributed by atoms with Crippen LogP contribution in [-0.2, 0) is 30.0 Å². The van der Waals surface area contributed by atoms with E-state index in [1.165, 1.54) is 53.0 Å². The van der Waals surface area contributed by atoms with Crippen molar-refractivity contribution < 1.29 is 29.4 Å². The van der Waals surface area contributed by atoms with Crippen molar-refractivity contribution in [1.29, 1.82) is 0 Å². The van der Waals surface area contributed by atoms with Crippen LogP contribution in [0, 0.1) is 0 Å². The summed E-state index contributed by atoms with van der Waals surface area (Å²) >= 11 is 0. The number of benzene rings is 2. The molecule has 10 aliphatic heterocycles. The molecule has 8 unspecified atom stereocenters. The lowest BCUT2D eigenvalue weighted by atomic mass is 9.54. The van der Waals surface area contributed by atoms with Crippen molar-refractivity contribution in [3.8, 4) is 0 Å². The molecule has 0 saturated carbocycles. The molecule has 16 heteroatoms. The van der Waals surface area contributed by atoms with Crippen LogP contribution < -0.4 is 10.6 Å². The summed E-state index contributed by atoms with van der Waals surface area (Å²) in [6.45, 7) is -1.07. The predicted molar refractivity (Wildman–Crippen MR) is 175 cm³/mol. The Morgan fingerprint density at radius 2 is 1.04 bits per heavy atom. The predicted octanol–water partition coefficient (Wildman–Crippen LogP) is 1.33. The Morgan fingerprint density at radius 3 is 1.43 bits per heavy atom. The van der Waals surface area contributed by atoms with Gasteiger partial charge in [0.05, 0.1) is 24.0 Å². The number of hydrogen-bond acceptors (Lipinski definition) is 12. The number of piperazine rings is 2. The molecule has 2 aromatic rings. The van der Waals surface area contributed by atoms with Gasteiger partial charge in [-0.25, -0.2) is 0 Å². The minimum atomic E-state index is -1.47. The maximum Gasteiger partial charge on any atom is 0.265 e. The Morgan fingerprint density at radius 1 is 0.652 bits per heavy atom. The molecule has 0 aliphatic carbocycles. The number of carbonyl (C=O) groups is 4. The number of rotatable bonds is 3. The Labute approximate surface area is 279 Å². The zero-order chi connectivity index (χ0) is 31.8. The first-order valence-corrected chi connectivity index (χ1v) is 19.3. The van der Waals surface area contributed by atoms with Crippen molar-refractivity contribution >= 4 is 78.2 Å². The summed E-state index contributed by atoms with van der Waals surface area (Å²) in [5, 5.41) is 28.6. The maximum absolute atomic E-state index is 14.7. The summed E-state index contributed by atoms with van der Waals surface area (Å²) in [7, 11) is 8.28. The lowest BCUT2D eigenvalue weighted by Crippen LogP contribution is -2.77. The molecule has 12 rings (SSSR count). The molecule has 0 aromatic heterocycles. The number of hydrogen-bond donors (Lipinski definition) is 4. The Hall–Kier alpha value is -2.76. The number of nitrogens with one attached hydrogen (secondary N) is 2. The molecular weight excluding hydrogens is 669 g/mol. The van der Waals surface area contributed by atoms with Gasteiger partial charge >= 0.3 is 0 Å². The van der Waals surface area contributed by atoms with Crippen molar-refractivity contribution in [3.05, 3.63) is 59.7 Å². The van der Waals surface area contributed by atoms with E-state index in [0.29, 0.717) is 0 Å². The second-order valence-corrected chi connectivity index (χ2v) is 18.7. The van der Waals surface area contributed by atoms with E-state index >= 15 is 0 Å². The highest BCUT2D eigenvalue weighted by Gasteiger charge is 2.87. The molecule has 4 bridgehead atoms. The molecule has 8 atom stereocenters. The summed E-state index contributed by atoms with van der Waals surface area (Å²) in [4.78, 5) is 59.0. The number of fused-ring (bicyclic) bond motifs is 11. The second kappa shape index (κ2) is 8.26. The van der Waals surface area contributed by atoms with Gasteiger partial charge in [0.1, 0.15) is 12.3 Å². The van der Waals surface area contributed by atoms with Gasteiger partial charge in [0, 0.05) is 38.3 Å². The van der Waals surface area contributed by atoms with E-state index in [2.05, 4.69) is 10.6 Å². The molecule has 10 heterocycles. The van der Waals surface area contributed by atoms with E-state index in [1.807, 2.05) is 48.5 Å². The van der Waals surface area contributed by atoms with E-state index < -0.39 is 55.9 Å². The second-order valence-electron chi connectivity index (χ2n) is 13.3. The molecule has 8 saturated heterocycles. The average molecular weight is 697 g/mol. The third kappa shape index (κ3) is 2.48. The van der Waals surface area contributed by atoms with Gasteiger partial charge in [-0.05, 0) is 44.8 Å². The fourth-order valence-electron chi connectivity index (χ4n) is 9.92. The van der Waals surface area contributed by atoms with Gasteiger partial charge in [0.2, 0.25) is 9.74 Å². The highest BCUT2D eigenvalue weighted by Crippen LogP contribution is 2.78. The number of nitrogens with zero attached hydrogens (tertiary/aromatic N) is 4. The fraction of sp³-hybridized carbons (Fsp3) is 0.467. The van der Waals surface area contributed by atoms with Crippen molar-refractivity contribution in [3.63, 3.8) is 0 Å². The van der Waals surface area contributed by atoms with Crippen LogP contribution in [0.3, 0.4) is 0 Å². The number of likely N-dealkylation sites (N-methyl/N-ethyl adjacent to an activating group) is 2. The fourth-order valence-corrected chi connectivity index (χ4v) is 17.2. The Kier molecular flexibility index (Phi) is 5.08. The minimum absolute atomic E-state index is 0.223. The monoisotopic (exact) mass is 696 g/mol. The summed E-state index contributed by atoms with van der Waals surface area (Å²) in [6, 6.07) is 15.8. The number of para-hydroxylation sites is 2. The lowest BCUT2D eigenvalue weighted by molar-refractivity contribution is -0.166. The Balaban J connectivity index is 1.29. The molecule has 12 nitrogen and oxygen atoms in total. The van der Waals surface area contributed by atoms with Gasteiger partial charge in [0.25, 0.3) is 23.6 Å². The van der Waals surface area contributed by atoms with Crippen molar-refractivity contribution in [2.75, 3.05) is 37.9 Å². The number of aliphatic hydroxyl groups excluding tert-OH is 2. The van der Waals surface area contributed by atoms with Crippen molar-refractivity contribution in [1.82, 2.24) is 19.6 Å². The number of aliphatic hydroxyl groups is 2. The summed E-state index contributed by atoms with van der Waals surface area (Å²) in [6.07, 6.45) is -1.01. The number of carbonyl (C=O) groups excluding carboxylic acids is 4. The highest BCUT2D eigenvalue weighted by molar-refractivity contribution is 8.78. The molecule has 0 radical (unpaired) electrons. The van der Waals surface area contributed by atoms with Gasteiger partial charge in [-0.1, -0.05) is 58.0 Å². The molecule has 4 amide bonds. The van der Waals surface area contributed by atoms with Crippen LogP contribution in [0.15, 0.2) is 48.5 Å². The Bertz CT molecular complexity index is 1740. The molecular formula is C30H28N6O6S4. The van der Waals surface area contributed by atoms with Crippen LogP contribution in [0.25, 0.3) is 0 Å². The molecule has 8 fully saturated rings. The maximum atomic E-state index is 14.7. The molecule has 2 spiro atoms. The number of anilines is 2. The van der Waals surface area contributed by atoms with Crippen LogP contribution in [0.2, 0.25) is 0 Å². The zero-order valence-corrected chi connectivity index (χ0v) is 27.8. The number of amides is 4. The van der Waals surface area contributed by atoms with Crippen LogP contribution in [0.1, 0.15) is 24.0 Å². The van der Waals surface area contributed by atoms with Crippen molar-refractivity contribution in [2.45, 2.75) is 55.5 Å². The first-order chi connectivity index (χ1) is 22.1. The third-order valence-corrected chi connectivity index (χ3v) is 19.3. The molecule has 46 heavy (non-hydrogen) atoms. The van der Waals surface area contributed by atoms with Gasteiger partial charge in [-0.2, -0.15) is 0 Å². The smallest absolute Gasteiger partial charge is 0.265 e. The zero-order valence-electron chi connectivity index (χ0n) is 24.6. The van der Waals surface area contributed by atoms with Crippen LogP contribution in [0.4, 0.5) is 11.4 Å². The lowest BCUT2D eigenvalue weighted by Gasteiger charge is -2.57. The van der Waals surface area contributed by atoms with E-state index in [0.717, 1.165) is 22.5 Å². The summed E-state index contributed by atoms with van der Waals surface area (Å²) < 4.78 is 0. The van der Waals surface area contributed by atoms with Gasteiger partial charge in [-0.15, -0.1) is 0 Å². The first kappa shape index (κ1) is 28.3. The average Bonchev–Trinajstić information content (AvgIpc) is 3.75. The topological polar surface area (TPSA) is 146 Å². The van der Waals surface area contributed by atoms with Crippen LogP contribution in [0.5, 0.6) is 0 Å². The molecule has 10 aliphatic rings. The van der Waals surface area contributed by atoms with E-state index in [1.54, 1.807) is 23.9 Å². The largest absolute Gasteiger partial charge is 0.392 e. The normalized spacial score (nSPS) is 43.7. The molecule has 238 valence electrons. The molecule has 4 N–H and O–H groups in total. The van der Waals surface area contributed by atoms with Crippen LogP contribution >= 0.6 is 43.2 Å². The van der Waals surface area contributed by atoms with E-state index in [4.69, 9.17) is 0 Å². The van der Waals surface area contributed by atoms with Gasteiger partial charge in [0.15, 0.2) is 9.74 Å². The minimum Gasteiger partial charge on any atom is -0.392 e. The first-order valence-electron chi connectivity index (χ1n) is 15.0. The van der Waals surface area contributed by atoms with Crippen LogP contribution in [-0.4, -0.2) is 113 Å². The summed E-state index contributed by atoms with van der Waals surface area (Å²) in [5.74, 6) is -1.19. The van der Waals surface area contributed by atoms with Gasteiger partial charge in [-0.3, -0.25) is 29.0 Å². The van der Waals surface area contributed by atoms with Gasteiger partial charge < -0.3 is 30.6 Å².